The van der Waals surface area contributed by atoms with E-state index in [4.69, 9.17) is 11.6 Å². The Balaban J connectivity index is 2.44. The van der Waals surface area contributed by atoms with Crippen LogP contribution in [0.3, 0.4) is 0 Å². The zero-order valence-electron chi connectivity index (χ0n) is 10.2. The molecule has 0 fully saturated rings. The van der Waals surface area contributed by atoms with Gasteiger partial charge in [0.2, 0.25) is 0 Å². The number of aryl methyl sites for hydroxylation is 2. The van der Waals surface area contributed by atoms with E-state index in [0.717, 1.165) is 21.2 Å². The average Bonchev–Trinajstić information content (AvgIpc) is 2.28. The van der Waals surface area contributed by atoms with Crippen LogP contribution in [0, 0.1) is 13.8 Å². The molecule has 0 aliphatic rings. The highest BCUT2D eigenvalue weighted by molar-refractivity contribution is 9.10. The molecule has 1 atom stereocenters. The van der Waals surface area contributed by atoms with Crippen LogP contribution in [0.1, 0.15) is 28.4 Å². The second kappa shape index (κ2) is 5.43. The zero-order chi connectivity index (χ0) is 13.3. The molecule has 18 heavy (non-hydrogen) atoms. The molecule has 0 amide bonds. The minimum atomic E-state index is -0.689. The summed E-state index contributed by atoms with van der Waals surface area (Å²) in [6.45, 7) is 4.04. The first kappa shape index (κ1) is 13.6. The van der Waals surface area contributed by atoms with Crippen molar-refractivity contribution >= 4 is 27.5 Å². The molecule has 0 saturated heterocycles. The number of halogens is 2. The van der Waals surface area contributed by atoms with Crippen molar-refractivity contribution in [3.63, 3.8) is 0 Å². The molecule has 94 valence electrons. The Labute approximate surface area is 121 Å². The van der Waals surface area contributed by atoms with E-state index in [0.29, 0.717) is 5.02 Å². The van der Waals surface area contributed by atoms with E-state index in [2.05, 4.69) is 22.0 Å². The van der Waals surface area contributed by atoms with Crippen molar-refractivity contribution in [2.24, 2.45) is 0 Å². The third-order valence-corrected chi connectivity index (χ3v) is 3.80. The summed E-state index contributed by atoms with van der Waals surface area (Å²) in [6, 6.07) is 11.5. The fourth-order valence-electron chi connectivity index (χ4n) is 2.02. The zero-order valence-corrected chi connectivity index (χ0v) is 12.6. The second-order valence-electron chi connectivity index (χ2n) is 4.43. The van der Waals surface area contributed by atoms with Crippen molar-refractivity contribution in [1.82, 2.24) is 0 Å². The molecule has 1 N–H and O–H groups in total. The number of hydrogen-bond donors (Lipinski definition) is 1. The van der Waals surface area contributed by atoms with Crippen LogP contribution < -0.4 is 0 Å². The van der Waals surface area contributed by atoms with Crippen LogP contribution in [-0.4, -0.2) is 5.11 Å². The quantitative estimate of drug-likeness (QED) is 0.841. The lowest BCUT2D eigenvalue weighted by atomic mass is 9.96. The van der Waals surface area contributed by atoms with Crippen LogP contribution in [0.2, 0.25) is 5.02 Å². The average molecular weight is 326 g/mol. The van der Waals surface area contributed by atoms with Gasteiger partial charge in [0.15, 0.2) is 0 Å². The van der Waals surface area contributed by atoms with Gasteiger partial charge in [-0.2, -0.15) is 0 Å². The van der Waals surface area contributed by atoms with Gasteiger partial charge in [-0.05, 0) is 37.1 Å². The third kappa shape index (κ3) is 2.77. The molecule has 3 heteroatoms. The molecular weight excluding hydrogens is 312 g/mol. The first-order valence-corrected chi connectivity index (χ1v) is 6.86. The summed E-state index contributed by atoms with van der Waals surface area (Å²) in [6.07, 6.45) is -0.689. The normalized spacial score (nSPS) is 12.5. The summed E-state index contributed by atoms with van der Waals surface area (Å²) < 4.78 is 0.907. The van der Waals surface area contributed by atoms with Crippen molar-refractivity contribution in [2.45, 2.75) is 20.0 Å². The van der Waals surface area contributed by atoms with Gasteiger partial charge in [-0.3, -0.25) is 0 Å². The summed E-state index contributed by atoms with van der Waals surface area (Å²) in [5, 5.41) is 11.0. The summed E-state index contributed by atoms with van der Waals surface area (Å²) in [5.41, 5.74) is 3.88. The van der Waals surface area contributed by atoms with Crippen molar-refractivity contribution in [3.8, 4) is 0 Å². The molecule has 0 aliphatic heterocycles. The van der Waals surface area contributed by atoms with E-state index in [-0.39, 0.29) is 0 Å². The Hall–Kier alpha value is -0.830. The van der Waals surface area contributed by atoms with Crippen LogP contribution in [-0.2, 0) is 0 Å². The number of hydrogen-bond acceptors (Lipinski definition) is 1. The van der Waals surface area contributed by atoms with E-state index in [1.54, 1.807) is 6.07 Å². The van der Waals surface area contributed by atoms with Gasteiger partial charge in [0.25, 0.3) is 0 Å². The first-order valence-electron chi connectivity index (χ1n) is 5.69. The van der Waals surface area contributed by atoms with Gasteiger partial charge in [-0.1, -0.05) is 57.4 Å². The number of aliphatic hydroxyl groups is 1. The molecule has 1 nitrogen and oxygen atoms in total. The van der Waals surface area contributed by atoms with Gasteiger partial charge in [-0.15, -0.1) is 0 Å². The summed E-state index contributed by atoms with van der Waals surface area (Å²) in [4.78, 5) is 0. The third-order valence-electron chi connectivity index (χ3n) is 2.98. The predicted molar refractivity (Wildman–Crippen MR) is 79.1 cm³/mol. The summed E-state index contributed by atoms with van der Waals surface area (Å²) >= 11 is 9.53. The van der Waals surface area contributed by atoms with Crippen LogP contribution in [0.4, 0.5) is 0 Å². The Kier molecular flexibility index (Phi) is 4.10. The van der Waals surface area contributed by atoms with Crippen LogP contribution in [0.5, 0.6) is 0 Å². The topological polar surface area (TPSA) is 20.2 Å². The number of rotatable bonds is 2. The van der Waals surface area contributed by atoms with E-state index >= 15 is 0 Å². The molecule has 0 aliphatic carbocycles. The molecular formula is C15H14BrClO. The SMILES string of the molecule is Cc1ccc(C(O)c2ccc(Br)cc2Cl)c(C)c1. The minimum Gasteiger partial charge on any atom is -0.384 e. The van der Waals surface area contributed by atoms with E-state index in [1.807, 2.05) is 38.1 Å². The maximum atomic E-state index is 10.4. The monoisotopic (exact) mass is 324 g/mol. The molecule has 0 saturated carbocycles. The summed E-state index contributed by atoms with van der Waals surface area (Å²) in [5.74, 6) is 0. The molecule has 2 rings (SSSR count). The second-order valence-corrected chi connectivity index (χ2v) is 5.75. The lowest BCUT2D eigenvalue weighted by Crippen LogP contribution is -2.03. The smallest absolute Gasteiger partial charge is 0.106 e. The molecule has 0 heterocycles. The van der Waals surface area contributed by atoms with E-state index < -0.39 is 6.10 Å². The molecule has 0 aromatic heterocycles. The highest BCUT2D eigenvalue weighted by Gasteiger charge is 2.15. The van der Waals surface area contributed by atoms with Gasteiger partial charge in [0.1, 0.15) is 6.10 Å². The maximum Gasteiger partial charge on any atom is 0.106 e. The Morgan fingerprint density at radius 3 is 2.33 bits per heavy atom. The molecule has 2 aromatic rings. The van der Waals surface area contributed by atoms with Crippen LogP contribution >= 0.6 is 27.5 Å². The van der Waals surface area contributed by atoms with Gasteiger partial charge in [0, 0.05) is 15.1 Å². The Bertz CT molecular complexity index is 529. The summed E-state index contributed by atoms with van der Waals surface area (Å²) in [7, 11) is 0. The predicted octanol–water partition coefficient (Wildman–Crippen LogP) is 4.80. The highest BCUT2D eigenvalue weighted by Crippen LogP contribution is 2.32. The van der Waals surface area contributed by atoms with Crippen molar-refractivity contribution < 1.29 is 5.11 Å². The number of aliphatic hydroxyl groups excluding tert-OH is 1. The molecule has 0 radical (unpaired) electrons. The van der Waals surface area contributed by atoms with Crippen molar-refractivity contribution in [3.05, 3.63) is 68.1 Å². The first-order chi connectivity index (χ1) is 8.49. The van der Waals surface area contributed by atoms with Gasteiger partial charge in [0.05, 0.1) is 0 Å². The van der Waals surface area contributed by atoms with Crippen LogP contribution in [0.15, 0.2) is 40.9 Å². The lowest BCUT2D eigenvalue weighted by molar-refractivity contribution is 0.219. The molecule has 2 aromatic carbocycles. The largest absolute Gasteiger partial charge is 0.384 e. The molecule has 0 bridgehead atoms. The Morgan fingerprint density at radius 1 is 1.06 bits per heavy atom. The lowest BCUT2D eigenvalue weighted by Gasteiger charge is -2.16. The van der Waals surface area contributed by atoms with E-state index in [9.17, 15) is 5.11 Å². The standard InChI is InChI=1S/C15H14BrClO/c1-9-3-5-12(10(2)7-9)15(18)13-6-4-11(16)8-14(13)17/h3-8,15,18H,1-2H3. The highest BCUT2D eigenvalue weighted by atomic mass is 79.9. The fourth-order valence-corrected chi connectivity index (χ4v) is 2.80. The van der Waals surface area contributed by atoms with Gasteiger partial charge < -0.3 is 5.11 Å². The van der Waals surface area contributed by atoms with Crippen molar-refractivity contribution in [2.75, 3.05) is 0 Å². The van der Waals surface area contributed by atoms with E-state index in [1.165, 1.54) is 5.56 Å². The molecule has 1 unspecified atom stereocenters. The minimum absolute atomic E-state index is 0.567. The van der Waals surface area contributed by atoms with Gasteiger partial charge >= 0.3 is 0 Å². The maximum absolute atomic E-state index is 10.4. The molecule has 0 spiro atoms. The fraction of sp³-hybridized carbons (Fsp3) is 0.200. The van der Waals surface area contributed by atoms with Gasteiger partial charge in [-0.25, -0.2) is 0 Å². The Morgan fingerprint density at radius 2 is 1.72 bits per heavy atom. The van der Waals surface area contributed by atoms with Crippen molar-refractivity contribution in [1.29, 1.82) is 0 Å². The number of benzene rings is 2. The van der Waals surface area contributed by atoms with Crippen LogP contribution in [0.25, 0.3) is 0 Å².